The number of amides is 1. The minimum atomic E-state index is -3.34. The first-order valence-corrected chi connectivity index (χ1v) is 12.9. The van der Waals surface area contributed by atoms with Gasteiger partial charge < -0.3 is 10.1 Å². The highest BCUT2D eigenvalue weighted by atomic mass is 32.2. The summed E-state index contributed by atoms with van der Waals surface area (Å²) in [5.74, 6) is 1.37. The van der Waals surface area contributed by atoms with Crippen molar-refractivity contribution in [2.75, 3.05) is 5.32 Å². The van der Waals surface area contributed by atoms with Crippen LogP contribution in [0.3, 0.4) is 0 Å². The molecule has 0 saturated heterocycles. The van der Waals surface area contributed by atoms with Gasteiger partial charge in [-0.2, -0.15) is 0 Å². The molecule has 0 fully saturated rings. The third-order valence-electron chi connectivity index (χ3n) is 5.72. The van der Waals surface area contributed by atoms with E-state index >= 15 is 0 Å². The van der Waals surface area contributed by atoms with E-state index in [9.17, 15) is 13.2 Å². The Kier molecular flexibility index (Phi) is 7.16. The molecule has 2 heterocycles. The lowest BCUT2D eigenvalue weighted by atomic mass is 10.1. The van der Waals surface area contributed by atoms with Crippen molar-refractivity contribution in [3.63, 3.8) is 0 Å². The van der Waals surface area contributed by atoms with Crippen LogP contribution in [-0.2, 0) is 21.1 Å². The second kappa shape index (κ2) is 10.3. The molecule has 0 atom stereocenters. The van der Waals surface area contributed by atoms with Gasteiger partial charge in [-0.1, -0.05) is 12.1 Å². The summed E-state index contributed by atoms with van der Waals surface area (Å²) >= 11 is 0. The molecule has 1 N–H and O–H groups in total. The van der Waals surface area contributed by atoms with Crippen molar-refractivity contribution in [3.05, 3.63) is 84.2 Å². The highest BCUT2D eigenvalue weighted by molar-refractivity contribution is 7.92. The summed E-state index contributed by atoms with van der Waals surface area (Å²) in [6, 6.07) is 15.1. The number of sulfone groups is 1. The fraction of sp³-hybridized carbons (Fsp3) is 0.231. The maximum atomic E-state index is 12.5. The maximum absolute atomic E-state index is 12.5. The molecule has 2 aromatic carbocycles. The Bertz CT molecular complexity index is 1480. The molecule has 0 aliphatic carbocycles. The molecule has 36 heavy (non-hydrogen) atoms. The lowest BCUT2D eigenvalue weighted by Gasteiger charge is -2.10. The van der Waals surface area contributed by atoms with Gasteiger partial charge in [0.1, 0.15) is 24.2 Å². The van der Waals surface area contributed by atoms with Crippen LogP contribution in [0.2, 0.25) is 0 Å². The average Bonchev–Trinajstić information content (AvgIpc) is 3.19. The van der Waals surface area contributed by atoms with E-state index in [2.05, 4.69) is 20.3 Å². The van der Waals surface area contributed by atoms with Crippen LogP contribution in [0.1, 0.15) is 30.8 Å². The molecule has 1 amide bonds. The third kappa shape index (κ3) is 5.60. The second-order valence-corrected chi connectivity index (χ2v) is 11.1. The largest absolute Gasteiger partial charge is 0.439 e. The summed E-state index contributed by atoms with van der Waals surface area (Å²) in [5.41, 5.74) is 3.23. The smallest absolute Gasteiger partial charge is 0.228 e. The van der Waals surface area contributed by atoms with Crippen molar-refractivity contribution >= 4 is 21.4 Å². The zero-order valence-corrected chi connectivity index (χ0v) is 21.3. The first kappa shape index (κ1) is 25.1. The van der Waals surface area contributed by atoms with E-state index in [0.717, 1.165) is 17.0 Å². The van der Waals surface area contributed by atoms with E-state index in [4.69, 9.17) is 4.74 Å². The zero-order chi connectivity index (χ0) is 25.9. The number of nitrogens with zero attached hydrogens (tertiary/aromatic N) is 4. The van der Waals surface area contributed by atoms with E-state index in [1.54, 1.807) is 62.6 Å². The van der Waals surface area contributed by atoms with E-state index < -0.39 is 15.1 Å². The first-order chi connectivity index (χ1) is 17.1. The number of carbonyl (C=O) groups excluding carboxylic acids is 1. The van der Waals surface area contributed by atoms with E-state index in [-0.39, 0.29) is 17.2 Å². The summed E-state index contributed by atoms with van der Waals surface area (Å²) in [6.45, 7) is 7.17. The molecular weight excluding hydrogens is 478 g/mol. The van der Waals surface area contributed by atoms with Crippen molar-refractivity contribution in [1.82, 2.24) is 19.5 Å². The molecular formula is C26H27N5O4S. The monoisotopic (exact) mass is 505 g/mol. The van der Waals surface area contributed by atoms with Crippen LogP contribution >= 0.6 is 0 Å². The number of imidazole rings is 1. The van der Waals surface area contributed by atoms with Crippen LogP contribution in [-0.4, -0.2) is 39.1 Å². The third-order valence-corrected chi connectivity index (χ3v) is 7.89. The lowest BCUT2D eigenvalue weighted by molar-refractivity contribution is -0.115. The number of hydrogen-bond donors (Lipinski definition) is 1. The van der Waals surface area contributed by atoms with Crippen molar-refractivity contribution < 1.29 is 17.9 Å². The number of carbonyl (C=O) groups is 1. The van der Waals surface area contributed by atoms with Gasteiger partial charge in [0.2, 0.25) is 11.8 Å². The van der Waals surface area contributed by atoms with Crippen molar-refractivity contribution in [3.8, 4) is 17.4 Å². The van der Waals surface area contributed by atoms with E-state index in [1.165, 1.54) is 18.5 Å². The van der Waals surface area contributed by atoms with Gasteiger partial charge in [0.25, 0.3) is 0 Å². The number of aromatic nitrogens is 4. The predicted molar refractivity (Wildman–Crippen MR) is 136 cm³/mol. The molecule has 4 aromatic rings. The number of rotatable bonds is 8. The molecule has 0 saturated carbocycles. The van der Waals surface area contributed by atoms with Gasteiger partial charge in [0, 0.05) is 17.4 Å². The summed E-state index contributed by atoms with van der Waals surface area (Å²) in [5, 5.41) is 2.34. The minimum Gasteiger partial charge on any atom is -0.439 e. The topological polar surface area (TPSA) is 116 Å². The van der Waals surface area contributed by atoms with Crippen molar-refractivity contribution in [2.45, 2.75) is 44.3 Å². The Morgan fingerprint density at radius 1 is 1.00 bits per heavy atom. The Hall–Kier alpha value is -4.05. The van der Waals surface area contributed by atoms with Gasteiger partial charge in [-0.3, -0.25) is 9.36 Å². The molecule has 186 valence electrons. The molecule has 0 unspecified atom stereocenters. The molecule has 10 heteroatoms. The van der Waals surface area contributed by atoms with Gasteiger partial charge in [-0.15, -0.1) is 0 Å². The van der Waals surface area contributed by atoms with Crippen molar-refractivity contribution in [2.24, 2.45) is 0 Å². The van der Waals surface area contributed by atoms with Gasteiger partial charge >= 0.3 is 0 Å². The van der Waals surface area contributed by atoms with Gasteiger partial charge in [-0.25, -0.2) is 23.4 Å². The number of ether oxygens (including phenoxy) is 1. The van der Waals surface area contributed by atoms with Crippen LogP contribution in [0, 0.1) is 13.8 Å². The molecule has 0 bridgehead atoms. The van der Waals surface area contributed by atoms with Crippen LogP contribution in [0.5, 0.6) is 11.6 Å². The average molecular weight is 506 g/mol. The van der Waals surface area contributed by atoms with Gasteiger partial charge in [0.05, 0.1) is 22.3 Å². The fourth-order valence-electron chi connectivity index (χ4n) is 3.43. The molecule has 4 rings (SSSR count). The number of nitrogens with one attached hydrogen (secondary N) is 1. The first-order valence-electron chi connectivity index (χ1n) is 11.4. The second-order valence-electron chi connectivity index (χ2n) is 8.59. The SMILES string of the molecule is Cc1ncn(-c2cc(Oc3ccc(NC(=O)Cc4ccc(S(=O)(=O)C(C)C)cc4)cc3)ncn2)c1C. The van der Waals surface area contributed by atoms with E-state index in [0.29, 0.717) is 23.1 Å². The number of anilines is 1. The van der Waals surface area contributed by atoms with Crippen LogP contribution in [0.25, 0.3) is 5.82 Å². The Morgan fingerprint density at radius 3 is 2.31 bits per heavy atom. The minimum absolute atomic E-state index is 0.122. The Balaban J connectivity index is 1.36. The predicted octanol–water partition coefficient (Wildman–Crippen LogP) is 4.43. The quantitative estimate of drug-likeness (QED) is 0.376. The van der Waals surface area contributed by atoms with Gasteiger partial charge in [-0.05, 0) is 69.7 Å². The molecule has 2 aromatic heterocycles. The van der Waals surface area contributed by atoms with Crippen molar-refractivity contribution in [1.29, 1.82) is 0 Å². The van der Waals surface area contributed by atoms with E-state index in [1.807, 2.05) is 18.4 Å². The van der Waals surface area contributed by atoms with Crippen LogP contribution < -0.4 is 10.1 Å². The maximum Gasteiger partial charge on any atom is 0.228 e. The molecule has 0 aliphatic heterocycles. The Labute approximate surface area is 210 Å². The van der Waals surface area contributed by atoms with Crippen LogP contribution in [0.4, 0.5) is 5.69 Å². The van der Waals surface area contributed by atoms with Gasteiger partial charge in [0.15, 0.2) is 9.84 Å². The standard InChI is InChI=1S/C26H27N5O4S/c1-17(2)36(33,34)23-11-5-20(6-12-23)13-25(32)30-21-7-9-22(10-8-21)35-26-14-24(27-15-28-26)31-16-29-18(3)19(31)4/h5-12,14-17H,13H2,1-4H3,(H,30,32). The summed E-state index contributed by atoms with van der Waals surface area (Å²) in [4.78, 5) is 25.5. The number of benzene rings is 2. The molecule has 9 nitrogen and oxygen atoms in total. The summed E-state index contributed by atoms with van der Waals surface area (Å²) in [6.07, 6.45) is 3.26. The fourth-order valence-corrected chi connectivity index (χ4v) is 4.49. The Morgan fingerprint density at radius 2 is 1.69 bits per heavy atom. The highest BCUT2D eigenvalue weighted by Gasteiger charge is 2.19. The van der Waals surface area contributed by atoms with Crippen LogP contribution in [0.15, 0.2) is 72.1 Å². The lowest BCUT2D eigenvalue weighted by Crippen LogP contribution is -2.15. The normalized spacial score (nSPS) is 11.5. The molecule has 0 radical (unpaired) electrons. The summed E-state index contributed by atoms with van der Waals surface area (Å²) in [7, 11) is -3.34. The number of hydrogen-bond acceptors (Lipinski definition) is 7. The summed E-state index contributed by atoms with van der Waals surface area (Å²) < 4.78 is 32.2. The highest BCUT2D eigenvalue weighted by Crippen LogP contribution is 2.23. The molecule has 0 spiro atoms. The zero-order valence-electron chi connectivity index (χ0n) is 20.5. The molecule has 0 aliphatic rings. The number of aryl methyl sites for hydroxylation is 1.